The first-order valence-electron chi connectivity index (χ1n) is 13.1. The molecule has 0 aliphatic rings. The molecule has 0 spiro atoms. The van der Waals surface area contributed by atoms with Crippen LogP contribution in [0.2, 0.25) is 0 Å². The van der Waals surface area contributed by atoms with Crippen LogP contribution in [0, 0.1) is 0 Å². The van der Waals surface area contributed by atoms with E-state index in [9.17, 15) is 0 Å². The van der Waals surface area contributed by atoms with Crippen LogP contribution in [0.1, 0.15) is 24.8 Å². The third kappa shape index (κ3) is 6.80. The SMILES string of the molecule is COc1ccc(CCOCCCCC[P+](c2ccccc2)(c2ccccc2)c2ccccc2)cc1OC. The standard InChI is InChI=1S/C33H38O3P/c1-34-32-22-21-28(27-33(32)35-2)23-25-36-24-13-6-14-26-37(29-15-7-3-8-16-29,30-17-9-4-10-18-30)31-19-11-5-12-20-31/h3-5,7-12,15-22,27H,6,13-14,23-26H2,1-2H3/q+1. The first-order chi connectivity index (χ1) is 18.3. The van der Waals surface area contributed by atoms with Crippen molar-refractivity contribution in [3.05, 3.63) is 115 Å². The second kappa shape index (κ2) is 14.0. The molecule has 0 N–H and O–H groups in total. The number of unbranched alkanes of at least 4 members (excludes halogenated alkanes) is 2. The Balaban J connectivity index is 1.35. The van der Waals surface area contributed by atoms with Crippen molar-refractivity contribution >= 4 is 23.2 Å². The largest absolute Gasteiger partial charge is 0.493 e. The van der Waals surface area contributed by atoms with E-state index in [1.54, 1.807) is 14.2 Å². The number of methoxy groups -OCH3 is 2. The molecule has 0 aromatic heterocycles. The molecule has 37 heavy (non-hydrogen) atoms. The van der Waals surface area contributed by atoms with Crippen molar-refractivity contribution in [1.82, 2.24) is 0 Å². The fraction of sp³-hybridized carbons (Fsp3) is 0.273. The van der Waals surface area contributed by atoms with Crippen LogP contribution < -0.4 is 25.4 Å². The quantitative estimate of drug-likeness (QED) is 0.144. The Morgan fingerprint density at radius 2 is 1.08 bits per heavy atom. The van der Waals surface area contributed by atoms with E-state index >= 15 is 0 Å². The van der Waals surface area contributed by atoms with Crippen molar-refractivity contribution < 1.29 is 14.2 Å². The van der Waals surface area contributed by atoms with Gasteiger partial charge < -0.3 is 14.2 Å². The maximum absolute atomic E-state index is 5.99. The van der Waals surface area contributed by atoms with Crippen molar-refractivity contribution in [2.75, 3.05) is 33.6 Å². The van der Waals surface area contributed by atoms with Gasteiger partial charge in [-0.15, -0.1) is 0 Å². The predicted octanol–water partition coefficient (Wildman–Crippen LogP) is 6.43. The van der Waals surface area contributed by atoms with Crippen molar-refractivity contribution in [3.8, 4) is 11.5 Å². The molecule has 0 saturated carbocycles. The summed E-state index contributed by atoms with van der Waals surface area (Å²) in [6.07, 6.45) is 5.43. The summed E-state index contributed by atoms with van der Waals surface area (Å²) in [7, 11) is 1.60. The fourth-order valence-corrected chi connectivity index (χ4v) is 9.35. The van der Waals surface area contributed by atoms with Crippen LogP contribution in [0.15, 0.2) is 109 Å². The molecule has 0 bridgehead atoms. The zero-order valence-corrected chi connectivity index (χ0v) is 22.9. The number of hydrogen-bond donors (Lipinski definition) is 0. The molecule has 0 amide bonds. The molecule has 4 aromatic carbocycles. The van der Waals surface area contributed by atoms with Gasteiger partial charge in [-0.2, -0.15) is 0 Å². The second-order valence-electron chi connectivity index (χ2n) is 9.15. The van der Waals surface area contributed by atoms with Crippen LogP contribution in [0.3, 0.4) is 0 Å². The lowest BCUT2D eigenvalue weighted by atomic mass is 10.1. The van der Waals surface area contributed by atoms with Gasteiger partial charge in [0.05, 0.1) is 27.0 Å². The summed E-state index contributed by atoms with van der Waals surface area (Å²) in [5.41, 5.74) is 1.20. The van der Waals surface area contributed by atoms with Gasteiger partial charge >= 0.3 is 0 Å². The molecule has 0 fully saturated rings. The van der Waals surface area contributed by atoms with Crippen molar-refractivity contribution in [1.29, 1.82) is 0 Å². The smallest absolute Gasteiger partial charge is 0.160 e. The Bertz CT molecular complexity index is 1100. The van der Waals surface area contributed by atoms with Gasteiger partial charge in [0.15, 0.2) is 11.5 Å². The Hall–Kier alpha value is -3.13. The van der Waals surface area contributed by atoms with Crippen LogP contribution in [-0.4, -0.2) is 33.6 Å². The van der Waals surface area contributed by atoms with Gasteiger partial charge in [-0.05, 0) is 79.8 Å². The van der Waals surface area contributed by atoms with Gasteiger partial charge in [-0.25, -0.2) is 0 Å². The van der Waals surface area contributed by atoms with E-state index in [2.05, 4.69) is 97.1 Å². The zero-order chi connectivity index (χ0) is 25.8. The Kier molecular flexibility index (Phi) is 10.2. The summed E-state index contributed by atoms with van der Waals surface area (Å²) in [5, 5.41) is 4.37. The van der Waals surface area contributed by atoms with Crippen LogP contribution in [-0.2, 0) is 11.2 Å². The summed E-state index contributed by atoms with van der Waals surface area (Å²) in [6.45, 7) is 1.51. The lowest BCUT2D eigenvalue weighted by Crippen LogP contribution is -2.33. The number of rotatable bonds is 14. The minimum Gasteiger partial charge on any atom is -0.493 e. The molecule has 0 radical (unpaired) electrons. The lowest BCUT2D eigenvalue weighted by Gasteiger charge is -2.27. The highest BCUT2D eigenvalue weighted by Crippen LogP contribution is 2.55. The van der Waals surface area contributed by atoms with Gasteiger partial charge in [0.25, 0.3) is 0 Å². The highest BCUT2D eigenvalue weighted by molar-refractivity contribution is 7.95. The minimum absolute atomic E-state index is 0.713. The number of hydrogen-bond acceptors (Lipinski definition) is 3. The van der Waals surface area contributed by atoms with E-state index in [-0.39, 0.29) is 0 Å². The maximum Gasteiger partial charge on any atom is 0.160 e. The summed E-state index contributed by atoms with van der Waals surface area (Å²) >= 11 is 0. The fourth-order valence-electron chi connectivity index (χ4n) is 4.94. The summed E-state index contributed by atoms with van der Waals surface area (Å²) in [6, 6.07) is 39.5. The van der Waals surface area contributed by atoms with Gasteiger partial charge in [-0.1, -0.05) is 60.7 Å². The highest BCUT2D eigenvalue weighted by atomic mass is 31.2. The summed E-state index contributed by atoms with van der Waals surface area (Å²) < 4.78 is 16.7. The molecule has 0 unspecified atom stereocenters. The molecule has 0 heterocycles. The lowest BCUT2D eigenvalue weighted by molar-refractivity contribution is 0.133. The van der Waals surface area contributed by atoms with Gasteiger partial charge in [-0.3, -0.25) is 0 Å². The maximum atomic E-state index is 5.99. The van der Waals surface area contributed by atoms with E-state index in [4.69, 9.17) is 14.2 Å². The highest BCUT2D eigenvalue weighted by Gasteiger charge is 2.44. The number of ether oxygens (including phenoxy) is 3. The van der Waals surface area contributed by atoms with E-state index in [1.165, 1.54) is 27.9 Å². The molecule has 4 aromatic rings. The van der Waals surface area contributed by atoms with Crippen LogP contribution in [0.25, 0.3) is 0 Å². The zero-order valence-electron chi connectivity index (χ0n) is 22.0. The third-order valence-electron chi connectivity index (χ3n) is 6.86. The van der Waals surface area contributed by atoms with Crippen LogP contribution >= 0.6 is 7.26 Å². The van der Waals surface area contributed by atoms with Crippen LogP contribution in [0.4, 0.5) is 0 Å². The molecular weight excluding hydrogens is 475 g/mol. The topological polar surface area (TPSA) is 27.7 Å². The first kappa shape index (κ1) is 26.9. The Morgan fingerprint density at radius 3 is 1.59 bits per heavy atom. The molecule has 0 aliphatic heterocycles. The molecule has 4 heteroatoms. The molecule has 192 valence electrons. The monoisotopic (exact) mass is 513 g/mol. The van der Waals surface area contributed by atoms with Gasteiger partial charge in [0.2, 0.25) is 0 Å². The van der Waals surface area contributed by atoms with Crippen molar-refractivity contribution in [2.45, 2.75) is 25.7 Å². The molecule has 4 rings (SSSR count). The Labute approximate surface area is 222 Å². The third-order valence-corrected chi connectivity index (χ3v) is 11.4. The molecular formula is C33H38O3P+. The second-order valence-corrected chi connectivity index (χ2v) is 12.8. The Morgan fingerprint density at radius 1 is 0.541 bits per heavy atom. The first-order valence-corrected chi connectivity index (χ1v) is 15.1. The van der Waals surface area contributed by atoms with Gasteiger partial charge in [0.1, 0.15) is 23.2 Å². The van der Waals surface area contributed by atoms with E-state index in [1.807, 2.05) is 12.1 Å². The van der Waals surface area contributed by atoms with Crippen molar-refractivity contribution in [3.63, 3.8) is 0 Å². The summed E-state index contributed by atoms with van der Waals surface area (Å²) in [4.78, 5) is 0. The molecule has 0 aliphatic carbocycles. The molecule has 0 atom stereocenters. The van der Waals surface area contributed by atoms with Gasteiger partial charge in [0, 0.05) is 6.61 Å². The van der Waals surface area contributed by atoms with Crippen LogP contribution in [0.5, 0.6) is 11.5 Å². The normalized spacial score (nSPS) is 11.3. The van der Waals surface area contributed by atoms with E-state index in [0.29, 0.717) is 6.61 Å². The number of benzene rings is 4. The minimum atomic E-state index is -1.73. The average molecular weight is 514 g/mol. The summed E-state index contributed by atoms with van der Waals surface area (Å²) in [5.74, 6) is 1.52. The average Bonchev–Trinajstić information content (AvgIpc) is 2.98. The van der Waals surface area contributed by atoms with Crippen molar-refractivity contribution in [2.24, 2.45) is 0 Å². The predicted molar refractivity (Wildman–Crippen MR) is 158 cm³/mol. The molecule has 3 nitrogen and oxygen atoms in total. The van der Waals surface area contributed by atoms with E-state index < -0.39 is 7.26 Å². The van der Waals surface area contributed by atoms with E-state index in [0.717, 1.165) is 43.5 Å². The molecule has 0 saturated heterocycles.